The number of hydrogen-bond donors (Lipinski definition) is 3. The molecule has 0 bridgehead atoms. The average Bonchev–Trinajstić information content (AvgIpc) is 2.86. The van der Waals surface area contributed by atoms with Gasteiger partial charge in [0, 0.05) is 0 Å². The van der Waals surface area contributed by atoms with E-state index in [4.69, 9.17) is 27.9 Å². The van der Waals surface area contributed by atoms with Crippen molar-refractivity contribution in [3.63, 3.8) is 0 Å². The Bertz CT molecular complexity index is 716. The van der Waals surface area contributed by atoms with Gasteiger partial charge < -0.3 is 9.72 Å². The molecule has 6 nitrogen and oxygen atoms in total. The molecule has 1 unspecified atom stereocenters. The lowest BCUT2D eigenvalue weighted by Crippen LogP contribution is -2.47. The SMILES string of the molecule is CC(Oc1ccccc1F)C(=O)NNC(=O)c1cc(Cl)c(Cl)[nH]1. The number of para-hydroxylation sites is 1. The predicted molar refractivity (Wildman–Crippen MR) is 82.9 cm³/mol. The number of benzene rings is 1. The van der Waals surface area contributed by atoms with Gasteiger partial charge in [-0.15, -0.1) is 0 Å². The van der Waals surface area contributed by atoms with Crippen molar-refractivity contribution >= 4 is 35.0 Å². The van der Waals surface area contributed by atoms with E-state index in [0.29, 0.717) is 0 Å². The second kappa shape index (κ2) is 7.34. The summed E-state index contributed by atoms with van der Waals surface area (Å²) < 4.78 is 18.6. The molecule has 0 spiro atoms. The van der Waals surface area contributed by atoms with Crippen molar-refractivity contribution in [2.24, 2.45) is 0 Å². The molecule has 1 aromatic carbocycles. The van der Waals surface area contributed by atoms with Crippen LogP contribution in [0.3, 0.4) is 0 Å². The van der Waals surface area contributed by atoms with Gasteiger partial charge in [0.15, 0.2) is 17.7 Å². The average molecular weight is 360 g/mol. The van der Waals surface area contributed by atoms with Crippen molar-refractivity contribution in [2.75, 3.05) is 0 Å². The number of ether oxygens (including phenoxy) is 1. The van der Waals surface area contributed by atoms with Crippen molar-refractivity contribution in [1.82, 2.24) is 15.8 Å². The fourth-order valence-electron chi connectivity index (χ4n) is 1.60. The lowest BCUT2D eigenvalue weighted by Gasteiger charge is -2.15. The summed E-state index contributed by atoms with van der Waals surface area (Å²) in [7, 11) is 0. The smallest absolute Gasteiger partial charge is 0.286 e. The van der Waals surface area contributed by atoms with Gasteiger partial charge in [0.25, 0.3) is 11.8 Å². The Labute approximate surface area is 140 Å². The molecule has 23 heavy (non-hydrogen) atoms. The van der Waals surface area contributed by atoms with Gasteiger partial charge in [-0.25, -0.2) is 4.39 Å². The summed E-state index contributed by atoms with van der Waals surface area (Å²) in [5.41, 5.74) is 4.39. The van der Waals surface area contributed by atoms with E-state index in [1.54, 1.807) is 6.07 Å². The first-order chi connectivity index (χ1) is 10.9. The van der Waals surface area contributed by atoms with Crippen LogP contribution in [0.25, 0.3) is 0 Å². The number of aromatic amines is 1. The van der Waals surface area contributed by atoms with E-state index in [-0.39, 0.29) is 21.6 Å². The highest BCUT2D eigenvalue weighted by molar-refractivity contribution is 6.41. The molecule has 2 aromatic rings. The highest BCUT2D eigenvalue weighted by Crippen LogP contribution is 2.21. The molecular formula is C14H12Cl2FN3O3. The molecule has 2 amide bonds. The number of H-pyrrole nitrogens is 1. The fraction of sp³-hybridized carbons (Fsp3) is 0.143. The third-order valence-electron chi connectivity index (χ3n) is 2.78. The number of carbonyl (C=O) groups is 2. The van der Waals surface area contributed by atoms with Crippen LogP contribution in [0.1, 0.15) is 17.4 Å². The zero-order valence-electron chi connectivity index (χ0n) is 11.8. The third kappa shape index (κ3) is 4.37. The first kappa shape index (κ1) is 17.1. The summed E-state index contributed by atoms with van der Waals surface area (Å²) in [6.45, 7) is 1.41. The molecule has 0 aliphatic rings. The van der Waals surface area contributed by atoms with Gasteiger partial charge in [-0.2, -0.15) is 0 Å². The van der Waals surface area contributed by atoms with Crippen molar-refractivity contribution < 1.29 is 18.7 Å². The second-order valence-electron chi connectivity index (χ2n) is 4.48. The van der Waals surface area contributed by atoms with Crippen LogP contribution in [0.15, 0.2) is 30.3 Å². The summed E-state index contributed by atoms with van der Waals surface area (Å²) in [6, 6.07) is 6.98. The molecule has 2 rings (SSSR count). The van der Waals surface area contributed by atoms with Crippen LogP contribution in [0.4, 0.5) is 4.39 Å². The van der Waals surface area contributed by atoms with Crippen LogP contribution >= 0.6 is 23.2 Å². The maximum atomic E-state index is 13.4. The van der Waals surface area contributed by atoms with Gasteiger partial charge in [-0.1, -0.05) is 35.3 Å². The highest BCUT2D eigenvalue weighted by Gasteiger charge is 2.18. The number of aromatic nitrogens is 1. The van der Waals surface area contributed by atoms with E-state index in [1.165, 1.54) is 31.2 Å². The molecule has 0 aliphatic carbocycles. The molecule has 122 valence electrons. The molecule has 0 fully saturated rings. The lowest BCUT2D eigenvalue weighted by molar-refractivity contribution is -0.128. The number of halogens is 3. The fourth-order valence-corrected chi connectivity index (χ4v) is 1.91. The first-order valence-electron chi connectivity index (χ1n) is 6.44. The van der Waals surface area contributed by atoms with E-state index in [0.717, 1.165) is 0 Å². The van der Waals surface area contributed by atoms with Crippen molar-refractivity contribution in [3.8, 4) is 5.75 Å². The summed E-state index contributed by atoms with van der Waals surface area (Å²) in [5, 5.41) is 0.291. The van der Waals surface area contributed by atoms with Crippen LogP contribution in [0, 0.1) is 5.82 Å². The number of carbonyl (C=O) groups excluding carboxylic acids is 2. The Morgan fingerprint density at radius 1 is 1.26 bits per heavy atom. The molecular weight excluding hydrogens is 348 g/mol. The van der Waals surface area contributed by atoms with Crippen molar-refractivity contribution in [3.05, 3.63) is 52.0 Å². The molecule has 1 atom stereocenters. The van der Waals surface area contributed by atoms with Crippen LogP contribution in [0.5, 0.6) is 5.75 Å². The largest absolute Gasteiger partial charge is 0.478 e. The Morgan fingerprint density at radius 3 is 2.57 bits per heavy atom. The minimum atomic E-state index is -1.02. The second-order valence-corrected chi connectivity index (χ2v) is 5.26. The monoisotopic (exact) mass is 359 g/mol. The number of amides is 2. The molecule has 1 heterocycles. The normalized spacial score (nSPS) is 11.7. The van der Waals surface area contributed by atoms with Gasteiger partial charge in [0.1, 0.15) is 10.8 Å². The molecule has 3 N–H and O–H groups in total. The maximum Gasteiger partial charge on any atom is 0.286 e. The van der Waals surface area contributed by atoms with Crippen LogP contribution < -0.4 is 15.6 Å². The summed E-state index contributed by atoms with van der Waals surface area (Å²) in [6.07, 6.45) is -1.02. The summed E-state index contributed by atoms with van der Waals surface area (Å²) in [5.74, 6) is -1.97. The molecule has 0 aliphatic heterocycles. The minimum absolute atomic E-state index is 0.0654. The lowest BCUT2D eigenvalue weighted by atomic mass is 10.3. The van der Waals surface area contributed by atoms with Gasteiger partial charge in [-0.05, 0) is 25.1 Å². The van der Waals surface area contributed by atoms with Crippen LogP contribution in [0.2, 0.25) is 10.2 Å². The van der Waals surface area contributed by atoms with Gasteiger partial charge >= 0.3 is 0 Å². The molecule has 9 heteroatoms. The highest BCUT2D eigenvalue weighted by atomic mass is 35.5. The molecule has 0 saturated carbocycles. The maximum absolute atomic E-state index is 13.4. The van der Waals surface area contributed by atoms with E-state index in [9.17, 15) is 14.0 Å². The Morgan fingerprint density at radius 2 is 1.96 bits per heavy atom. The van der Waals surface area contributed by atoms with Crippen molar-refractivity contribution in [2.45, 2.75) is 13.0 Å². The van der Waals surface area contributed by atoms with E-state index in [1.807, 2.05) is 0 Å². The summed E-state index contributed by atoms with van der Waals surface area (Å²) in [4.78, 5) is 26.1. The predicted octanol–water partition coefficient (Wildman–Crippen LogP) is 2.69. The number of rotatable bonds is 4. The Hall–Kier alpha value is -2.25. The number of hydrazine groups is 1. The molecule has 0 saturated heterocycles. The minimum Gasteiger partial charge on any atom is -0.478 e. The zero-order chi connectivity index (χ0) is 17.0. The van der Waals surface area contributed by atoms with Gasteiger partial charge in [0.2, 0.25) is 0 Å². The quantitative estimate of drug-likeness (QED) is 0.733. The Kier molecular flexibility index (Phi) is 5.46. The number of nitrogens with one attached hydrogen (secondary N) is 3. The number of hydrogen-bond acceptors (Lipinski definition) is 3. The standard InChI is InChI=1S/C14H12Cl2FN3O3/c1-7(23-11-5-3-2-4-9(11)17)13(21)19-20-14(22)10-6-8(15)12(16)18-10/h2-7,18H,1H3,(H,19,21)(H,20,22). The third-order valence-corrected chi connectivity index (χ3v) is 3.47. The van der Waals surface area contributed by atoms with E-state index in [2.05, 4.69) is 15.8 Å². The van der Waals surface area contributed by atoms with Crippen LogP contribution in [-0.2, 0) is 4.79 Å². The molecule has 0 radical (unpaired) electrons. The van der Waals surface area contributed by atoms with Gasteiger partial charge in [0.05, 0.1) is 5.02 Å². The first-order valence-corrected chi connectivity index (χ1v) is 7.19. The van der Waals surface area contributed by atoms with Crippen molar-refractivity contribution in [1.29, 1.82) is 0 Å². The topological polar surface area (TPSA) is 83.2 Å². The van der Waals surface area contributed by atoms with E-state index >= 15 is 0 Å². The summed E-state index contributed by atoms with van der Waals surface area (Å²) >= 11 is 11.4. The van der Waals surface area contributed by atoms with E-state index < -0.39 is 23.7 Å². The molecule has 1 aromatic heterocycles. The van der Waals surface area contributed by atoms with Gasteiger partial charge in [-0.3, -0.25) is 20.4 Å². The zero-order valence-corrected chi connectivity index (χ0v) is 13.3. The Balaban J connectivity index is 1.89. The van der Waals surface area contributed by atoms with Crippen LogP contribution in [-0.4, -0.2) is 22.9 Å².